The molecule has 2 aliphatic carbocycles. The summed E-state index contributed by atoms with van der Waals surface area (Å²) in [5, 5.41) is 19.5. The molecule has 3 heterocycles. The minimum Gasteiger partial charge on any atom is -0.319 e. The minimum absolute atomic E-state index is 0.0109. The second kappa shape index (κ2) is 10.4. The molecule has 2 aromatic rings. The first kappa shape index (κ1) is 26.6. The molecule has 41 heavy (non-hydrogen) atoms. The van der Waals surface area contributed by atoms with E-state index in [0.717, 1.165) is 42.8 Å². The molecule has 6 rings (SSSR count). The van der Waals surface area contributed by atoms with Gasteiger partial charge in [0.15, 0.2) is 0 Å². The molecule has 0 saturated carbocycles. The molecular formula is C36H35N5. The molecule has 4 unspecified atom stereocenters. The first-order chi connectivity index (χ1) is 19.9. The van der Waals surface area contributed by atoms with Crippen LogP contribution in [-0.4, -0.2) is 16.4 Å². The van der Waals surface area contributed by atoms with E-state index in [1.54, 1.807) is 0 Å². The molecule has 1 aromatic heterocycles. The molecule has 5 nitrogen and oxygen atoms in total. The number of anilines is 1. The zero-order valence-corrected chi connectivity index (χ0v) is 24.0. The molecule has 0 radical (unpaired) electrons. The van der Waals surface area contributed by atoms with E-state index in [4.69, 9.17) is 4.99 Å². The normalized spacial score (nSPS) is 25.7. The monoisotopic (exact) mass is 537 g/mol. The molecular weight excluding hydrogens is 502 g/mol. The van der Waals surface area contributed by atoms with E-state index in [9.17, 15) is 10.5 Å². The number of amidine groups is 1. The SMILES string of the molecule is C=Cc1c2c(n(C3(C)CC=CC(N4c5ccc(C#N)cc5C5C=C(C#N)C=CC4C5C)=N3)c1CCC)C=CCC=C2. The van der Waals surface area contributed by atoms with E-state index in [0.29, 0.717) is 11.1 Å². The topological polar surface area (TPSA) is 68.1 Å². The predicted molar refractivity (Wildman–Crippen MR) is 168 cm³/mol. The number of aliphatic imine (C=N–C) groups is 1. The lowest BCUT2D eigenvalue weighted by atomic mass is 9.77. The summed E-state index contributed by atoms with van der Waals surface area (Å²) in [5.74, 6) is 1.11. The summed E-state index contributed by atoms with van der Waals surface area (Å²) in [7, 11) is 0. The lowest BCUT2D eigenvalue weighted by Gasteiger charge is -2.45. The third-order valence-electron chi connectivity index (χ3n) is 8.91. The van der Waals surface area contributed by atoms with Crippen molar-refractivity contribution in [3.05, 3.63) is 107 Å². The van der Waals surface area contributed by atoms with Gasteiger partial charge in [0.25, 0.3) is 0 Å². The number of dihydropyridines is 1. The third kappa shape index (κ3) is 4.25. The summed E-state index contributed by atoms with van der Waals surface area (Å²) < 4.78 is 2.45. The number of aromatic nitrogens is 1. The molecule has 204 valence electrons. The van der Waals surface area contributed by atoms with Crippen LogP contribution in [0.1, 0.15) is 79.6 Å². The van der Waals surface area contributed by atoms with Gasteiger partial charge in [0.1, 0.15) is 11.5 Å². The lowest BCUT2D eigenvalue weighted by Crippen LogP contribution is -2.49. The number of fused-ring (bicyclic) bond motifs is 5. The summed E-state index contributed by atoms with van der Waals surface area (Å²) in [6.45, 7) is 10.9. The van der Waals surface area contributed by atoms with Gasteiger partial charge in [-0.15, -0.1) is 0 Å². The molecule has 2 aliphatic heterocycles. The van der Waals surface area contributed by atoms with Gasteiger partial charge in [0.2, 0.25) is 0 Å². The molecule has 0 saturated heterocycles. The van der Waals surface area contributed by atoms with Crippen molar-refractivity contribution < 1.29 is 0 Å². The number of nitriles is 2. The molecule has 4 aliphatic rings. The van der Waals surface area contributed by atoms with Crippen LogP contribution in [0, 0.1) is 28.6 Å². The number of hydrogen-bond acceptors (Lipinski definition) is 4. The number of rotatable bonds is 4. The van der Waals surface area contributed by atoms with Crippen molar-refractivity contribution in [2.45, 2.75) is 64.1 Å². The summed E-state index contributed by atoms with van der Waals surface area (Å²) >= 11 is 0. The summed E-state index contributed by atoms with van der Waals surface area (Å²) in [4.78, 5) is 7.90. The molecule has 5 heteroatoms. The van der Waals surface area contributed by atoms with Crippen LogP contribution in [0.25, 0.3) is 18.2 Å². The van der Waals surface area contributed by atoms with Crippen molar-refractivity contribution in [2.24, 2.45) is 10.9 Å². The molecule has 0 N–H and O–H groups in total. The fraction of sp³-hybridized carbons (Fsp3) is 0.306. The molecule has 0 fully saturated rings. The highest BCUT2D eigenvalue weighted by Crippen LogP contribution is 2.47. The zero-order valence-electron chi connectivity index (χ0n) is 24.0. The van der Waals surface area contributed by atoms with E-state index in [2.05, 4.69) is 104 Å². The fourth-order valence-corrected chi connectivity index (χ4v) is 7.02. The maximum Gasteiger partial charge on any atom is 0.139 e. The first-order valence-electron chi connectivity index (χ1n) is 14.6. The summed E-state index contributed by atoms with van der Waals surface area (Å²) in [5.41, 5.74) is 7.71. The van der Waals surface area contributed by atoms with Gasteiger partial charge in [-0.2, -0.15) is 10.5 Å². The van der Waals surface area contributed by atoms with E-state index in [1.807, 2.05) is 24.3 Å². The van der Waals surface area contributed by atoms with Gasteiger partial charge in [-0.1, -0.05) is 69.4 Å². The Bertz CT molecular complexity index is 1690. The number of hydrogen-bond donors (Lipinski definition) is 0. The number of allylic oxidation sites excluding steroid dienone is 5. The number of nitrogens with zero attached hydrogens (tertiary/aromatic N) is 5. The third-order valence-corrected chi connectivity index (χ3v) is 8.91. The van der Waals surface area contributed by atoms with Crippen LogP contribution in [0.5, 0.6) is 0 Å². The van der Waals surface area contributed by atoms with Crippen LogP contribution < -0.4 is 4.90 Å². The Kier molecular flexibility index (Phi) is 6.76. The lowest BCUT2D eigenvalue weighted by molar-refractivity contribution is 0.324. The van der Waals surface area contributed by atoms with Gasteiger partial charge < -0.3 is 9.47 Å². The van der Waals surface area contributed by atoms with Gasteiger partial charge >= 0.3 is 0 Å². The quantitative estimate of drug-likeness (QED) is 0.396. The van der Waals surface area contributed by atoms with E-state index in [1.165, 1.54) is 22.5 Å². The summed E-state index contributed by atoms with van der Waals surface area (Å²) in [6.07, 6.45) is 25.1. The van der Waals surface area contributed by atoms with E-state index in [-0.39, 0.29) is 17.9 Å². The smallest absolute Gasteiger partial charge is 0.139 e. The van der Waals surface area contributed by atoms with Crippen molar-refractivity contribution in [1.82, 2.24) is 4.57 Å². The Labute approximate surface area is 243 Å². The van der Waals surface area contributed by atoms with Gasteiger partial charge in [0.05, 0.1) is 29.4 Å². The zero-order chi connectivity index (χ0) is 28.7. The van der Waals surface area contributed by atoms with Crippen LogP contribution in [0.2, 0.25) is 0 Å². The molecule has 2 bridgehead atoms. The Morgan fingerprint density at radius 2 is 1.95 bits per heavy atom. The average Bonchev–Trinajstić information content (AvgIpc) is 3.07. The Morgan fingerprint density at radius 3 is 2.71 bits per heavy atom. The molecule has 0 spiro atoms. The van der Waals surface area contributed by atoms with Crippen LogP contribution in [0.3, 0.4) is 0 Å². The van der Waals surface area contributed by atoms with Crippen LogP contribution in [0.15, 0.2) is 77.9 Å². The highest BCUT2D eigenvalue weighted by atomic mass is 15.3. The highest BCUT2D eigenvalue weighted by molar-refractivity contribution is 6.08. The van der Waals surface area contributed by atoms with Crippen LogP contribution in [-0.2, 0) is 12.1 Å². The first-order valence-corrected chi connectivity index (χ1v) is 14.6. The molecule has 1 aromatic carbocycles. The second-order valence-corrected chi connectivity index (χ2v) is 11.5. The minimum atomic E-state index is -0.542. The van der Waals surface area contributed by atoms with Gasteiger partial charge in [-0.25, -0.2) is 4.99 Å². The van der Waals surface area contributed by atoms with Crippen molar-refractivity contribution in [3.8, 4) is 12.1 Å². The number of benzene rings is 1. The largest absolute Gasteiger partial charge is 0.319 e. The van der Waals surface area contributed by atoms with Gasteiger partial charge in [0, 0.05) is 40.4 Å². The summed E-state index contributed by atoms with van der Waals surface area (Å²) in [6, 6.07) is 10.6. The van der Waals surface area contributed by atoms with Crippen molar-refractivity contribution in [1.29, 1.82) is 10.5 Å². The van der Waals surface area contributed by atoms with Crippen molar-refractivity contribution in [2.75, 3.05) is 4.90 Å². The van der Waals surface area contributed by atoms with Crippen LogP contribution >= 0.6 is 0 Å². The van der Waals surface area contributed by atoms with E-state index >= 15 is 0 Å². The standard InChI is InChI=1S/C36H35N5/c1-5-11-33-27(6-2)28-12-8-7-9-13-34(28)41(33)36(4)19-10-14-35(39-36)40-31-17-15-25(22-37)20-29(24(31)3)30-21-26(23-38)16-18-32(30)40/h6,8-10,12-18,20-21,24,29,31H,2,5,7,11,19H2,1,3-4H3. The Morgan fingerprint density at radius 1 is 1.12 bits per heavy atom. The average molecular weight is 538 g/mol. The second-order valence-electron chi connectivity index (χ2n) is 11.5. The fourth-order valence-electron chi connectivity index (χ4n) is 7.02. The molecule has 4 atom stereocenters. The molecule has 0 amide bonds. The van der Waals surface area contributed by atoms with Crippen LogP contribution in [0.4, 0.5) is 5.69 Å². The van der Waals surface area contributed by atoms with Crippen molar-refractivity contribution >= 4 is 29.8 Å². The maximum atomic E-state index is 9.80. The predicted octanol–water partition coefficient (Wildman–Crippen LogP) is 8.04. The Balaban J connectivity index is 1.56. The van der Waals surface area contributed by atoms with Gasteiger partial charge in [-0.05, 0) is 67.7 Å². The van der Waals surface area contributed by atoms with Crippen molar-refractivity contribution in [3.63, 3.8) is 0 Å². The Hall–Kier alpha value is -4.61. The van der Waals surface area contributed by atoms with E-state index < -0.39 is 5.66 Å². The maximum absolute atomic E-state index is 9.80. The highest BCUT2D eigenvalue weighted by Gasteiger charge is 2.42. The van der Waals surface area contributed by atoms with Gasteiger partial charge in [-0.3, -0.25) is 0 Å².